The highest BCUT2D eigenvalue weighted by atomic mass is 16.5. The molecule has 7 heteroatoms. The number of benzene rings is 1. The van der Waals surface area contributed by atoms with E-state index in [-0.39, 0.29) is 6.54 Å². The smallest absolute Gasteiger partial charge is 0.317 e. The first-order chi connectivity index (χ1) is 13.0. The fourth-order valence-electron chi connectivity index (χ4n) is 3.55. The van der Waals surface area contributed by atoms with E-state index in [0.29, 0.717) is 11.9 Å². The number of carboxylic acids is 1. The van der Waals surface area contributed by atoms with Gasteiger partial charge in [0.05, 0.1) is 19.3 Å². The average Bonchev–Trinajstić information content (AvgIpc) is 2.99. The predicted octanol–water partition coefficient (Wildman–Crippen LogP) is 2.72. The topological polar surface area (TPSA) is 79.0 Å². The number of aromatic nitrogens is 1. The van der Waals surface area contributed by atoms with Crippen LogP contribution in [-0.4, -0.2) is 65.7 Å². The van der Waals surface area contributed by atoms with Gasteiger partial charge in [0.25, 0.3) is 0 Å². The summed E-state index contributed by atoms with van der Waals surface area (Å²) in [4.78, 5) is 19.9. The summed E-state index contributed by atoms with van der Waals surface area (Å²) >= 11 is 0. The highest BCUT2D eigenvalue weighted by molar-refractivity contribution is 5.69. The van der Waals surface area contributed by atoms with Crippen LogP contribution >= 0.6 is 0 Å². The molecule has 2 heterocycles. The Morgan fingerprint density at radius 2 is 2.11 bits per heavy atom. The second-order valence-corrected chi connectivity index (χ2v) is 7.04. The van der Waals surface area contributed by atoms with Gasteiger partial charge in [-0.15, -0.1) is 0 Å². The van der Waals surface area contributed by atoms with Crippen molar-refractivity contribution in [1.82, 2.24) is 14.8 Å². The van der Waals surface area contributed by atoms with E-state index in [2.05, 4.69) is 9.88 Å². The van der Waals surface area contributed by atoms with E-state index < -0.39 is 5.97 Å². The Morgan fingerprint density at radius 1 is 1.33 bits per heavy atom. The lowest BCUT2D eigenvalue weighted by atomic mass is 10.1. The molecule has 0 spiro atoms. The zero-order valence-corrected chi connectivity index (χ0v) is 15.9. The molecule has 1 aromatic heterocycles. The molecular weight excluding hydrogens is 346 g/mol. The van der Waals surface area contributed by atoms with Crippen molar-refractivity contribution >= 4 is 5.97 Å². The number of rotatable bonds is 7. The predicted molar refractivity (Wildman–Crippen MR) is 102 cm³/mol. The summed E-state index contributed by atoms with van der Waals surface area (Å²) < 4.78 is 10.8. The van der Waals surface area contributed by atoms with Crippen molar-refractivity contribution in [2.24, 2.45) is 0 Å². The summed E-state index contributed by atoms with van der Waals surface area (Å²) in [5, 5.41) is 8.98. The van der Waals surface area contributed by atoms with Gasteiger partial charge in [0.1, 0.15) is 12.0 Å². The molecule has 7 nitrogen and oxygen atoms in total. The molecule has 1 aliphatic rings. The van der Waals surface area contributed by atoms with Crippen molar-refractivity contribution in [3.63, 3.8) is 0 Å². The Balaban J connectivity index is 1.56. The second-order valence-electron chi connectivity index (χ2n) is 7.04. The molecule has 27 heavy (non-hydrogen) atoms. The molecule has 146 valence electrons. The molecule has 0 radical (unpaired) electrons. The molecule has 0 bridgehead atoms. The zero-order valence-electron chi connectivity index (χ0n) is 15.9. The normalized spacial score (nSPS) is 18.4. The van der Waals surface area contributed by atoms with Gasteiger partial charge in [-0.1, -0.05) is 0 Å². The number of oxazole rings is 1. The van der Waals surface area contributed by atoms with Crippen LogP contribution in [0.3, 0.4) is 0 Å². The summed E-state index contributed by atoms with van der Waals surface area (Å²) in [5.41, 5.74) is 1.84. The lowest BCUT2D eigenvalue weighted by Crippen LogP contribution is -2.36. The van der Waals surface area contributed by atoms with Crippen molar-refractivity contribution in [3.05, 3.63) is 36.2 Å². The van der Waals surface area contributed by atoms with E-state index in [1.54, 1.807) is 13.4 Å². The third kappa shape index (κ3) is 5.30. The van der Waals surface area contributed by atoms with Gasteiger partial charge in [0, 0.05) is 24.7 Å². The number of carboxylic acid groups (broad SMARTS) is 1. The van der Waals surface area contributed by atoms with Crippen LogP contribution in [0.15, 0.2) is 34.9 Å². The summed E-state index contributed by atoms with van der Waals surface area (Å²) in [6.45, 7) is 2.76. The van der Waals surface area contributed by atoms with Gasteiger partial charge in [0.15, 0.2) is 0 Å². The molecule has 0 aliphatic carbocycles. The number of hydrogen-bond acceptors (Lipinski definition) is 6. The number of hydrogen-bond donors (Lipinski definition) is 1. The van der Waals surface area contributed by atoms with Crippen molar-refractivity contribution in [1.29, 1.82) is 0 Å². The van der Waals surface area contributed by atoms with E-state index in [1.807, 2.05) is 36.2 Å². The van der Waals surface area contributed by atoms with Gasteiger partial charge in [0.2, 0.25) is 5.89 Å². The third-order valence-electron chi connectivity index (χ3n) is 5.07. The average molecular weight is 373 g/mol. The van der Waals surface area contributed by atoms with Crippen LogP contribution in [0.4, 0.5) is 0 Å². The van der Waals surface area contributed by atoms with Gasteiger partial charge >= 0.3 is 5.97 Å². The maximum atomic E-state index is 10.9. The van der Waals surface area contributed by atoms with Crippen LogP contribution < -0.4 is 4.74 Å². The lowest BCUT2D eigenvalue weighted by Gasteiger charge is -2.25. The van der Waals surface area contributed by atoms with Gasteiger partial charge in [-0.05, 0) is 57.1 Å². The van der Waals surface area contributed by atoms with Crippen LogP contribution in [0.25, 0.3) is 11.5 Å². The quantitative estimate of drug-likeness (QED) is 0.799. The summed E-state index contributed by atoms with van der Waals surface area (Å²) in [5.74, 6) is 0.645. The Kier molecular flexibility index (Phi) is 6.47. The minimum atomic E-state index is -0.771. The number of likely N-dealkylation sites (tertiary alicyclic amines) is 1. The van der Waals surface area contributed by atoms with E-state index in [0.717, 1.165) is 55.9 Å². The molecule has 1 fully saturated rings. The largest absolute Gasteiger partial charge is 0.497 e. The van der Waals surface area contributed by atoms with Crippen LogP contribution in [0.5, 0.6) is 5.75 Å². The van der Waals surface area contributed by atoms with Crippen LogP contribution in [-0.2, 0) is 11.3 Å². The van der Waals surface area contributed by atoms with Crippen LogP contribution in [0, 0.1) is 0 Å². The molecule has 3 rings (SSSR count). The number of aliphatic carboxylic acids is 1. The molecule has 1 unspecified atom stereocenters. The van der Waals surface area contributed by atoms with Gasteiger partial charge < -0.3 is 14.3 Å². The molecule has 1 saturated heterocycles. The first-order valence-electron chi connectivity index (χ1n) is 9.28. The molecule has 1 atom stereocenters. The Labute approximate surface area is 159 Å². The third-order valence-corrected chi connectivity index (χ3v) is 5.07. The minimum absolute atomic E-state index is 0.0964. The van der Waals surface area contributed by atoms with Gasteiger partial charge in [-0.3, -0.25) is 14.6 Å². The minimum Gasteiger partial charge on any atom is -0.497 e. The Morgan fingerprint density at radius 3 is 2.81 bits per heavy atom. The maximum absolute atomic E-state index is 10.9. The monoisotopic (exact) mass is 373 g/mol. The summed E-state index contributed by atoms with van der Waals surface area (Å²) in [7, 11) is 3.54. The molecule has 0 saturated carbocycles. The highest BCUT2D eigenvalue weighted by Gasteiger charge is 2.22. The fourth-order valence-corrected chi connectivity index (χ4v) is 3.55. The highest BCUT2D eigenvalue weighted by Crippen LogP contribution is 2.23. The standard InChI is InChI=1S/C20H27N3O4/c1-22(13-19(24)25)17-4-3-10-23(11-9-17)12-16-14-27-20(21-16)15-5-7-18(26-2)8-6-15/h5-8,14,17H,3-4,9-13H2,1-2H3,(H,24,25). The zero-order chi connectivity index (χ0) is 19.2. The number of methoxy groups -OCH3 is 1. The van der Waals surface area contributed by atoms with E-state index in [1.165, 1.54) is 0 Å². The number of carbonyl (C=O) groups is 1. The van der Waals surface area contributed by atoms with Crippen molar-refractivity contribution in [2.75, 3.05) is 33.8 Å². The molecule has 1 aromatic carbocycles. The molecule has 2 aromatic rings. The summed E-state index contributed by atoms with van der Waals surface area (Å²) in [6, 6.07) is 7.97. The van der Waals surface area contributed by atoms with E-state index in [4.69, 9.17) is 14.3 Å². The lowest BCUT2D eigenvalue weighted by molar-refractivity contribution is -0.138. The number of ether oxygens (including phenoxy) is 1. The number of nitrogens with zero attached hydrogens (tertiary/aromatic N) is 3. The van der Waals surface area contributed by atoms with E-state index in [9.17, 15) is 4.79 Å². The first-order valence-corrected chi connectivity index (χ1v) is 9.28. The number of likely N-dealkylation sites (N-methyl/N-ethyl adjacent to an activating group) is 1. The van der Waals surface area contributed by atoms with Gasteiger partial charge in [-0.25, -0.2) is 4.98 Å². The molecule has 1 N–H and O–H groups in total. The van der Waals surface area contributed by atoms with E-state index >= 15 is 0 Å². The Bertz CT molecular complexity index is 744. The van der Waals surface area contributed by atoms with Crippen molar-refractivity contribution in [3.8, 4) is 17.2 Å². The van der Waals surface area contributed by atoms with Crippen LogP contribution in [0.2, 0.25) is 0 Å². The summed E-state index contributed by atoms with van der Waals surface area (Å²) in [6.07, 6.45) is 4.76. The van der Waals surface area contributed by atoms with Crippen molar-refractivity contribution < 1.29 is 19.1 Å². The fraction of sp³-hybridized carbons (Fsp3) is 0.500. The molecular formula is C20H27N3O4. The Hall–Kier alpha value is -2.38. The van der Waals surface area contributed by atoms with Gasteiger partial charge in [-0.2, -0.15) is 0 Å². The maximum Gasteiger partial charge on any atom is 0.317 e. The molecule has 0 amide bonds. The first kappa shape index (κ1) is 19.4. The molecule has 1 aliphatic heterocycles. The second kappa shape index (κ2) is 9.01. The van der Waals surface area contributed by atoms with Crippen molar-refractivity contribution in [2.45, 2.75) is 31.8 Å². The van der Waals surface area contributed by atoms with Crippen LogP contribution in [0.1, 0.15) is 25.0 Å². The SMILES string of the molecule is COc1ccc(-c2nc(CN3CCCC(N(C)CC(=O)O)CC3)co2)cc1.